The molecule has 0 aromatic rings. The van der Waals surface area contributed by atoms with E-state index in [2.05, 4.69) is 67.4 Å². The van der Waals surface area contributed by atoms with Gasteiger partial charge in [0, 0.05) is 18.6 Å². The molecule has 1 unspecified atom stereocenters. The fourth-order valence-corrected chi connectivity index (χ4v) is 7.44. The van der Waals surface area contributed by atoms with Crippen LogP contribution in [0.3, 0.4) is 0 Å². The highest BCUT2D eigenvalue weighted by Crippen LogP contribution is 2.31. The summed E-state index contributed by atoms with van der Waals surface area (Å²) in [5, 5.41) is 0. The molecule has 0 radical (unpaired) electrons. The lowest BCUT2D eigenvalue weighted by Crippen LogP contribution is -2.44. The Bertz CT molecular complexity index is 456. The average molecular weight is 425 g/mol. The lowest BCUT2D eigenvalue weighted by Gasteiger charge is -2.38. The third kappa shape index (κ3) is 10.7. The summed E-state index contributed by atoms with van der Waals surface area (Å²) in [6, 6.07) is 3.71. The van der Waals surface area contributed by atoms with Crippen molar-refractivity contribution >= 4 is 15.4 Å². The zero-order valence-corrected chi connectivity index (χ0v) is 21.8. The van der Waals surface area contributed by atoms with Gasteiger partial charge >= 0.3 is 7.12 Å². The maximum Gasteiger partial charge on any atom is 0.485 e. The molecule has 29 heavy (non-hydrogen) atoms. The minimum Gasteiger partial charge on any atom is -0.412 e. The molecule has 0 bridgehead atoms. The molecule has 170 valence electrons. The van der Waals surface area contributed by atoms with Crippen LogP contribution in [0.1, 0.15) is 93.9 Å². The molecule has 1 aliphatic rings. The van der Waals surface area contributed by atoms with Gasteiger partial charge in [-0.15, -0.1) is 0 Å². The Morgan fingerprint density at radius 3 is 2.14 bits per heavy atom. The minimum atomic E-state index is -1.51. The Morgan fingerprint density at radius 2 is 1.59 bits per heavy atom. The van der Waals surface area contributed by atoms with Crippen LogP contribution in [0.5, 0.6) is 0 Å². The fraction of sp³-hybridized carbons (Fsp3) is 0.917. The van der Waals surface area contributed by atoms with E-state index in [0.717, 1.165) is 25.6 Å². The predicted octanol–water partition coefficient (Wildman–Crippen LogP) is 7.42. The summed E-state index contributed by atoms with van der Waals surface area (Å²) in [4.78, 5) is 0. The van der Waals surface area contributed by atoms with Crippen molar-refractivity contribution in [2.24, 2.45) is 11.3 Å². The highest BCUT2D eigenvalue weighted by molar-refractivity contribution is 6.73. The van der Waals surface area contributed by atoms with Crippen molar-refractivity contribution in [3.63, 3.8) is 0 Å². The van der Waals surface area contributed by atoms with E-state index in [0.29, 0.717) is 0 Å². The summed E-state index contributed by atoms with van der Waals surface area (Å²) in [5.74, 6) is 2.87. The molecule has 0 saturated carbocycles. The van der Waals surface area contributed by atoms with Crippen LogP contribution in [-0.2, 0) is 13.7 Å². The first-order valence-corrected chi connectivity index (χ1v) is 14.7. The van der Waals surface area contributed by atoms with Gasteiger partial charge in [-0.3, -0.25) is 0 Å². The minimum absolute atomic E-state index is 0.0330. The molecule has 1 aliphatic heterocycles. The Hall–Kier alpha value is -0.0982. The van der Waals surface area contributed by atoms with Crippen molar-refractivity contribution in [2.45, 2.75) is 118 Å². The first-order valence-electron chi connectivity index (χ1n) is 12.2. The second kappa shape index (κ2) is 12.7. The van der Waals surface area contributed by atoms with Crippen LogP contribution in [-0.4, -0.2) is 34.3 Å². The maximum atomic E-state index is 6.74. The number of hydrogen-bond donors (Lipinski definition) is 0. The quantitative estimate of drug-likeness (QED) is 0.214. The van der Waals surface area contributed by atoms with E-state index in [1.165, 1.54) is 50.2 Å². The van der Waals surface area contributed by atoms with Gasteiger partial charge in [-0.2, -0.15) is 0 Å². The summed E-state index contributed by atoms with van der Waals surface area (Å²) >= 11 is 0. The number of unbranched alkanes of at least 4 members (excludes halogenated alkanes) is 1. The highest BCUT2D eigenvalue weighted by Gasteiger charge is 2.35. The Balaban J connectivity index is 2.19. The van der Waals surface area contributed by atoms with Crippen molar-refractivity contribution in [3.05, 3.63) is 12.1 Å². The highest BCUT2D eigenvalue weighted by atomic mass is 28.4. The molecule has 1 saturated heterocycles. The van der Waals surface area contributed by atoms with Crippen molar-refractivity contribution in [3.8, 4) is 0 Å². The standard InChI is InChI=1S/C24H49BO3Si/c1-9-29(10-2,11-3)28-24(7,8)18-15-17-22(4)16-13-12-14-19-25-26-20-23(5,6)21-27-25/h14,19,22H,9-13,15-18,20-21H2,1-8H3/b19-14+. The van der Waals surface area contributed by atoms with Gasteiger partial charge in [-0.1, -0.05) is 72.9 Å². The number of rotatable bonds is 14. The van der Waals surface area contributed by atoms with Gasteiger partial charge in [0.25, 0.3) is 0 Å². The van der Waals surface area contributed by atoms with E-state index in [1.807, 2.05) is 0 Å². The molecule has 0 N–H and O–H groups in total. The van der Waals surface area contributed by atoms with E-state index in [1.54, 1.807) is 0 Å². The number of allylic oxidation sites excluding steroid dienone is 1. The first-order chi connectivity index (χ1) is 13.6. The lowest BCUT2D eigenvalue weighted by molar-refractivity contribution is 0.0336. The summed E-state index contributed by atoms with van der Waals surface area (Å²) < 4.78 is 18.2. The summed E-state index contributed by atoms with van der Waals surface area (Å²) in [6.45, 7) is 19.9. The predicted molar refractivity (Wildman–Crippen MR) is 130 cm³/mol. The second-order valence-electron chi connectivity index (χ2n) is 10.6. The Kier molecular flexibility index (Phi) is 11.8. The average Bonchev–Trinajstić information content (AvgIpc) is 2.67. The maximum absolute atomic E-state index is 6.74. The van der Waals surface area contributed by atoms with Crippen molar-refractivity contribution in [1.82, 2.24) is 0 Å². The van der Waals surface area contributed by atoms with E-state index in [4.69, 9.17) is 13.7 Å². The van der Waals surface area contributed by atoms with Gasteiger partial charge in [0.15, 0.2) is 8.32 Å². The van der Waals surface area contributed by atoms with E-state index < -0.39 is 8.32 Å². The molecular formula is C24H49BO3Si. The van der Waals surface area contributed by atoms with Gasteiger partial charge in [-0.05, 0) is 57.2 Å². The fourth-order valence-electron chi connectivity index (χ4n) is 4.23. The molecule has 0 spiro atoms. The van der Waals surface area contributed by atoms with Crippen LogP contribution in [0.2, 0.25) is 18.1 Å². The molecule has 5 heteroatoms. The van der Waals surface area contributed by atoms with Gasteiger partial charge in [0.2, 0.25) is 0 Å². The number of hydrogen-bond acceptors (Lipinski definition) is 3. The SMILES string of the molecule is CC[Si](CC)(CC)OC(C)(C)CCCC(C)CCC/C=C/B1OCC(C)(C)CO1. The second-order valence-corrected chi connectivity index (χ2v) is 15.3. The van der Waals surface area contributed by atoms with Crippen LogP contribution in [0.15, 0.2) is 12.1 Å². The van der Waals surface area contributed by atoms with Crippen LogP contribution in [0.4, 0.5) is 0 Å². The van der Waals surface area contributed by atoms with Crippen LogP contribution >= 0.6 is 0 Å². The van der Waals surface area contributed by atoms with Gasteiger partial charge in [0.05, 0.1) is 5.60 Å². The largest absolute Gasteiger partial charge is 0.485 e. The van der Waals surface area contributed by atoms with Crippen molar-refractivity contribution in [2.75, 3.05) is 13.2 Å². The van der Waals surface area contributed by atoms with Gasteiger partial charge in [0.1, 0.15) is 0 Å². The van der Waals surface area contributed by atoms with E-state index in [9.17, 15) is 0 Å². The van der Waals surface area contributed by atoms with Crippen molar-refractivity contribution < 1.29 is 13.7 Å². The topological polar surface area (TPSA) is 27.7 Å². The van der Waals surface area contributed by atoms with E-state index in [-0.39, 0.29) is 18.1 Å². The van der Waals surface area contributed by atoms with Gasteiger partial charge in [-0.25, -0.2) is 0 Å². The summed E-state index contributed by atoms with van der Waals surface area (Å²) in [5.41, 5.74) is 0.179. The zero-order valence-electron chi connectivity index (χ0n) is 20.8. The molecular weight excluding hydrogens is 375 g/mol. The Morgan fingerprint density at radius 1 is 1.03 bits per heavy atom. The molecule has 0 aromatic heterocycles. The molecule has 1 fully saturated rings. The summed E-state index contributed by atoms with van der Waals surface area (Å²) in [7, 11) is -1.66. The van der Waals surface area contributed by atoms with Crippen LogP contribution in [0, 0.1) is 11.3 Å². The van der Waals surface area contributed by atoms with Gasteiger partial charge < -0.3 is 13.7 Å². The van der Waals surface area contributed by atoms with E-state index >= 15 is 0 Å². The molecule has 0 aromatic carbocycles. The molecule has 0 amide bonds. The monoisotopic (exact) mass is 424 g/mol. The first kappa shape index (κ1) is 26.9. The smallest absolute Gasteiger partial charge is 0.412 e. The molecule has 1 heterocycles. The third-order valence-electron chi connectivity index (χ3n) is 6.54. The lowest BCUT2D eigenvalue weighted by atomic mass is 9.83. The normalized spacial score (nSPS) is 19.1. The molecule has 1 atom stereocenters. The Labute approximate surface area is 183 Å². The van der Waals surface area contributed by atoms with Crippen molar-refractivity contribution in [1.29, 1.82) is 0 Å². The molecule has 3 nitrogen and oxygen atoms in total. The molecule has 0 aliphatic carbocycles. The molecule has 1 rings (SSSR count). The zero-order chi connectivity index (χ0) is 22.0. The third-order valence-corrected chi connectivity index (χ3v) is 11.4. The van der Waals surface area contributed by atoms with Crippen LogP contribution < -0.4 is 0 Å². The van der Waals surface area contributed by atoms with Crippen LogP contribution in [0.25, 0.3) is 0 Å². The summed E-state index contributed by atoms with van der Waals surface area (Å²) in [6.07, 6.45) is 9.64.